The Bertz CT molecular complexity index is 825. The molecule has 21 heavy (non-hydrogen) atoms. The van der Waals surface area contributed by atoms with Crippen molar-refractivity contribution in [3.63, 3.8) is 0 Å². The topological polar surface area (TPSA) is 39.9 Å². The molecule has 108 valence electrons. The summed E-state index contributed by atoms with van der Waals surface area (Å²) in [5.41, 5.74) is 1.32. The molecule has 0 N–H and O–H groups in total. The number of fused-ring (bicyclic) bond motifs is 1. The molecule has 0 aliphatic rings. The average Bonchev–Trinajstić information content (AvgIpc) is 2.84. The van der Waals surface area contributed by atoms with Gasteiger partial charge >= 0.3 is 0 Å². The Balaban J connectivity index is 2.33. The SMILES string of the molecule is COc1ncc(F)cc1-c1cn(SF)c2nc(Cl)ccc12. The van der Waals surface area contributed by atoms with E-state index < -0.39 is 5.82 Å². The van der Waals surface area contributed by atoms with E-state index in [2.05, 4.69) is 9.97 Å². The maximum absolute atomic E-state index is 13.5. The fraction of sp³-hybridized carbons (Fsp3) is 0.0769. The van der Waals surface area contributed by atoms with Crippen LogP contribution in [0.15, 0.2) is 30.6 Å². The molecule has 0 saturated carbocycles. The zero-order valence-electron chi connectivity index (χ0n) is 10.7. The van der Waals surface area contributed by atoms with Gasteiger partial charge in [0.05, 0.1) is 13.3 Å². The van der Waals surface area contributed by atoms with E-state index in [1.165, 1.54) is 23.3 Å². The Kier molecular flexibility index (Phi) is 3.69. The largest absolute Gasteiger partial charge is 0.481 e. The van der Waals surface area contributed by atoms with Crippen LogP contribution in [0.1, 0.15) is 0 Å². The van der Waals surface area contributed by atoms with Crippen LogP contribution in [0.3, 0.4) is 0 Å². The van der Waals surface area contributed by atoms with Crippen molar-refractivity contribution in [3.05, 3.63) is 41.6 Å². The van der Waals surface area contributed by atoms with Gasteiger partial charge in [-0.3, -0.25) is 0 Å². The molecular formula is C13H8ClF2N3OS. The lowest BCUT2D eigenvalue weighted by molar-refractivity contribution is 0.398. The minimum atomic E-state index is -0.512. The molecule has 3 heterocycles. The summed E-state index contributed by atoms with van der Waals surface area (Å²) < 4.78 is 32.9. The molecule has 3 aromatic heterocycles. The smallest absolute Gasteiger partial charge is 0.221 e. The number of hydrogen-bond donors (Lipinski definition) is 0. The average molecular weight is 328 g/mol. The monoisotopic (exact) mass is 327 g/mol. The van der Waals surface area contributed by atoms with Gasteiger partial charge in [-0.1, -0.05) is 11.6 Å². The molecule has 0 unspecified atom stereocenters. The molecule has 0 spiro atoms. The van der Waals surface area contributed by atoms with E-state index in [1.54, 1.807) is 12.1 Å². The lowest BCUT2D eigenvalue weighted by Gasteiger charge is -2.06. The van der Waals surface area contributed by atoms with Gasteiger partial charge in [-0.15, -0.1) is 3.89 Å². The fourth-order valence-corrected chi connectivity index (χ4v) is 2.59. The maximum Gasteiger partial charge on any atom is 0.221 e. The van der Waals surface area contributed by atoms with Crippen LogP contribution in [0.2, 0.25) is 5.15 Å². The molecule has 0 aliphatic heterocycles. The molecule has 4 nitrogen and oxygen atoms in total. The number of pyridine rings is 2. The quantitative estimate of drug-likeness (QED) is 0.673. The van der Waals surface area contributed by atoms with Crippen molar-refractivity contribution in [2.24, 2.45) is 0 Å². The Morgan fingerprint density at radius 3 is 2.86 bits per heavy atom. The van der Waals surface area contributed by atoms with Crippen molar-refractivity contribution < 1.29 is 13.0 Å². The summed E-state index contributed by atoms with van der Waals surface area (Å²) in [4.78, 5) is 7.96. The van der Waals surface area contributed by atoms with E-state index in [1.807, 2.05) is 0 Å². The summed E-state index contributed by atoms with van der Waals surface area (Å²) in [5.74, 6) is -0.268. The second-order valence-corrected chi connectivity index (χ2v) is 5.07. The van der Waals surface area contributed by atoms with Crippen LogP contribution in [0.25, 0.3) is 22.2 Å². The van der Waals surface area contributed by atoms with Gasteiger partial charge < -0.3 is 4.74 Å². The summed E-state index contributed by atoms with van der Waals surface area (Å²) in [5, 5.41) is 0.863. The normalized spacial score (nSPS) is 11.0. The van der Waals surface area contributed by atoms with Gasteiger partial charge in [-0.2, -0.15) is 0 Å². The van der Waals surface area contributed by atoms with E-state index in [9.17, 15) is 8.28 Å². The Morgan fingerprint density at radius 1 is 1.33 bits per heavy atom. The second kappa shape index (κ2) is 5.50. The van der Waals surface area contributed by atoms with Crippen LogP contribution in [-0.2, 0) is 0 Å². The van der Waals surface area contributed by atoms with Crippen molar-refractivity contribution in [2.75, 3.05) is 7.11 Å². The van der Waals surface area contributed by atoms with Crippen molar-refractivity contribution in [2.45, 2.75) is 0 Å². The molecule has 0 fully saturated rings. The molecule has 0 atom stereocenters. The zero-order valence-corrected chi connectivity index (χ0v) is 12.3. The molecule has 0 radical (unpaired) electrons. The minimum Gasteiger partial charge on any atom is -0.481 e. The summed E-state index contributed by atoms with van der Waals surface area (Å²) in [6.07, 6.45) is 2.55. The van der Waals surface area contributed by atoms with Gasteiger partial charge in [0.25, 0.3) is 0 Å². The van der Waals surface area contributed by atoms with Crippen LogP contribution in [-0.4, -0.2) is 21.1 Å². The zero-order chi connectivity index (χ0) is 15.0. The van der Waals surface area contributed by atoms with Crippen molar-refractivity contribution in [3.8, 4) is 17.0 Å². The third-order valence-electron chi connectivity index (χ3n) is 2.96. The number of methoxy groups -OCH3 is 1. The lowest BCUT2D eigenvalue weighted by Crippen LogP contribution is -1.92. The lowest BCUT2D eigenvalue weighted by atomic mass is 10.1. The minimum absolute atomic E-state index is 0.0193. The standard InChI is InChI=1S/C13H8ClF2N3OS/c1-20-13-9(4-7(15)5-17-13)10-6-19(21-16)12-8(10)2-3-11(14)18-12/h2-6H,1H3. The molecular weight excluding hydrogens is 320 g/mol. The Morgan fingerprint density at radius 2 is 2.14 bits per heavy atom. The number of halogens is 3. The number of nitrogens with zero attached hydrogens (tertiary/aromatic N) is 3. The van der Waals surface area contributed by atoms with Gasteiger partial charge in [-0.05, 0) is 18.2 Å². The van der Waals surface area contributed by atoms with Crippen molar-refractivity contribution in [1.29, 1.82) is 0 Å². The van der Waals surface area contributed by atoms with Gasteiger partial charge in [0.15, 0.2) is 18.0 Å². The molecule has 3 aromatic rings. The summed E-state index contributed by atoms with van der Waals surface area (Å²) in [7, 11) is 1.43. The number of hydrogen-bond acceptors (Lipinski definition) is 4. The highest BCUT2D eigenvalue weighted by atomic mass is 35.5. The van der Waals surface area contributed by atoms with E-state index in [0.717, 1.165) is 6.20 Å². The fourth-order valence-electron chi connectivity index (χ4n) is 2.10. The van der Waals surface area contributed by atoms with Gasteiger partial charge in [-0.25, -0.2) is 18.3 Å². The van der Waals surface area contributed by atoms with Crippen molar-refractivity contribution in [1.82, 2.24) is 13.9 Å². The van der Waals surface area contributed by atoms with Crippen LogP contribution in [0, 0.1) is 5.82 Å². The first-order valence-electron chi connectivity index (χ1n) is 5.80. The van der Waals surface area contributed by atoms with E-state index >= 15 is 0 Å². The first-order chi connectivity index (χ1) is 10.1. The van der Waals surface area contributed by atoms with Gasteiger partial charge in [0.1, 0.15) is 11.0 Å². The summed E-state index contributed by atoms with van der Waals surface area (Å²) in [6.45, 7) is 0. The van der Waals surface area contributed by atoms with E-state index in [4.69, 9.17) is 16.3 Å². The predicted molar refractivity (Wildman–Crippen MR) is 78.6 cm³/mol. The van der Waals surface area contributed by atoms with Crippen LogP contribution in [0.5, 0.6) is 5.88 Å². The highest BCUT2D eigenvalue weighted by molar-refractivity contribution is 7.92. The molecule has 0 bridgehead atoms. The third-order valence-corrected chi connectivity index (χ3v) is 3.60. The van der Waals surface area contributed by atoms with Crippen LogP contribution < -0.4 is 4.74 Å². The predicted octanol–water partition coefficient (Wildman–Crippen LogP) is 4.28. The number of rotatable bonds is 3. The van der Waals surface area contributed by atoms with Gasteiger partial charge in [0.2, 0.25) is 5.88 Å². The summed E-state index contributed by atoms with van der Waals surface area (Å²) >= 11 is 5.81. The van der Waals surface area contributed by atoms with E-state index in [0.29, 0.717) is 22.2 Å². The first-order valence-corrected chi connectivity index (χ1v) is 6.86. The third kappa shape index (κ3) is 2.43. The second-order valence-electron chi connectivity index (χ2n) is 4.15. The maximum atomic E-state index is 13.5. The van der Waals surface area contributed by atoms with Crippen LogP contribution in [0.4, 0.5) is 8.28 Å². The highest BCUT2D eigenvalue weighted by Gasteiger charge is 2.17. The van der Waals surface area contributed by atoms with Crippen molar-refractivity contribution >= 4 is 35.0 Å². The van der Waals surface area contributed by atoms with E-state index in [-0.39, 0.29) is 23.4 Å². The molecule has 3 rings (SSSR count). The molecule has 0 amide bonds. The van der Waals surface area contributed by atoms with Gasteiger partial charge in [0, 0.05) is 22.7 Å². The summed E-state index contributed by atoms with van der Waals surface area (Å²) in [6, 6.07) is 4.55. The Hall–Kier alpha value is -1.86. The molecule has 0 aliphatic carbocycles. The van der Waals surface area contributed by atoms with Crippen LogP contribution >= 0.6 is 23.9 Å². The number of aromatic nitrogens is 3. The molecule has 0 aromatic carbocycles. The highest BCUT2D eigenvalue weighted by Crippen LogP contribution is 2.37. The number of ether oxygens (including phenoxy) is 1. The molecule has 0 saturated heterocycles. The molecule has 8 heteroatoms. The first kappa shape index (κ1) is 14.1. The Labute approximate surface area is 128 Å².